The number of para-hydroxylation sites is 1. The van der Waals surface area contributed by atoms with Gasteiger partial charge in [0.05, 0.1) is 6.21 Å². The first-order valence-corrected chi connectivity index (χ1v) is 10.6. The van der Waals surface area contributed by atoms with Crippen molar-refractivity contribution in [2.75, 3.05) is 0 Å². The van der Waals surface area contributed by atoms with Gasteiger partial charge in [0.15, 0.2) is 0 Å². The second kappa shape index (κ2) is 10.8. The highest BCUT2D eigenvalue weighted by molar-refractivity contribution is 5.89. The number of carbonyl (C=O) groups excluding carboxylic acids is 2. The first-order valence-electron chi connectivity index (χ1n) is 10.6. The summed E-state index contributed by atoms with van der Waals surface area (Å²) in [5, 5.41) is 7.70. The Morgan fingerprint density at radius 3 is 2.42 bits per heavy atom. The van der Waals surface area contributed by atoms with Crippen LogP contribution in [0.25, 0.3) is 10.9 Å². The summed E-state index contributed by atoms with van der Waals surface area (Å²) in [5.41, 5.74) is 6.09. The molecule has 3 N–H and O–H groups in total. The van der Waals surface area contributed by atoms with E-state index in [2.05, 4.69) is 20.8 Å². The minimum atomic E-state index is -0.875. The molecule has 0 aliphatic heterocycles. The van der Waals surface area contributed by atoms with Gasteiger partial charge in [0.25, 0.3) is 5.91 Å². The van der Waals surface area contributed by atoms with E-state index in [4.69, 9.17) is 4.74 Å². The SMILES string of the molecule is O=C(N[C@H](Cc1c[nH]c2ccccc12)C(=O)N/N=C\c1ccccc1)OCc1ccccc1. The van der Waals surface area contributed by atoms with E-state index in [0.29, 0.717) is 0 Å². The third kappa shape index (κ3) is 6.07. The molecule has 0 fully saturated rings. The number of aromatic nitrogens is 1. The zero-order chi connectivity index (χ0) is 22.9. The van der Waals surface area contributed by atoms with E-state index in [1.54, 1.807) is 6.21 Å². The van der Waals surface area contributed by atoms with Gasteiger partial charge < -0.3 is 15.0 Å². The van der Waals surface area contributed by atoms with Crippen molar-refractivity contribution in [2.24, 2.45) is 5.10 Å². The normalized spacial score (nSPS) is 11.9. The maximum Gasteiger partial charge on any atom is 0.408 e. The number of carbonyl (C=O) groups is 2. The van der Waals surface area contributed by atoms with E-state index < -0.39 is 18.0 Å². The van der Waals surface area contributed by atoms with Gasteiger partial charge in [0.1, 0.15) is 12.6 Å². The Morgan fingerprint density at radius 1 is 0.939 bits per heavy atom. The van der Waals surface area contributed by atoms with Gasteiger partial charge >= 0.3 is 6.09 Å². The highest BCUT2D eigenvalue weighted by Crippen LogP contribution is 2.19. The molecule has 0 saturated carbocycles. The number of fused-ring (bicyclic) bond motifs is 1. The fraction of sp³-hybridized carbons (Fsp3) is 0.115. The monoisotopic (exact) mass is 440 g/mol. The summed E-state index contributed by atoms with van der Waals surface area (Å²) in [5.74, 6) is -0.441. The van der Waals surface area contributed by atoms with Crippen molar-refractivity contribution >= 4 is 29.1 Å². The number of hydrazone groups is 1. The van der Waals surface area contributed by atoms with E-state index >= 15 is 0 Å². The number of alkyl carbamates (subject to hydrolysis) is 1. The molecule has 33 heavy (non-hydrogen) atoms. The van der Waals surface area contributed by atoms with E-state index in [1.807, 2.05) is 91.1 Å². The molecule has 4 aromatic rings. The van der Waals surface area contributed by atoms with Crippen LogP contribution in [0.5, 0.6) is 0 Å². The summed E-state index contributed by atoms with van der Waals surface area (Å²) >= 11 is 0. The van der Waals surface area contributed by atoms with Crippen molar-refractivity contribution in [3.05, 3.63) is 108 Å². The third-order valence-corrected chi connectivity index (χ3v) is 5.11. The number of ether oxygens (including phenoxy) is 1. The summed E-state index contributed by atoms with van der Waals surface area (Å²) in [6.45, 7) is 0.111. The van der Waals surface area contributed by atoms with Crippen LogP contribution in [-0.4, -0.2) is 29.2 Å². The average Bonchev–Trinajstić information content (AvgIpc) is 3.26. The fourth-order valence-corrected chi connectivity index (χ4v) is 3.42. The molecule has 1 aromatic heterocycles. The molecular weight excluding hydrogens is 416 g/mol. The van der Waals surface area contributed by atoms with Crippen molar-refractivity contribution in [2.45, 2.75) is 19.1 Å². The van der Waals surface area contributed by atoms with Gasteiger partial charge in [0.2, 0.25) is 0 Å². The Labute approximate surface area is 191 Å². The summed E-state index contributed by atoms with van der Waals surface area (Å²) in [4.78, 5) is 28.6. The minimum Gasteiger partial charge on any atom is -0.445 e. The van der Waals surface area contributed by atoms with Crippen LogP contribution in [0.3, 0.4) is 0 Å². The topological polar surface area (TPSA) is 95.6 Å². The molecular formula is C26H24N4O3. The highest BCUT2D eigenvalue weighted by atomic mass is 16.5. The molecule has 0 bridgehead atoms. The molecule has 7 nitrogen and oxygen atoms in total. The van der Waals surface area contributed by atoms with Crippen LogP contribution < -0.4 is 10.7 Å². The number of nitrogens with one attached hydrogen (secondary N) is 3. The maximum atomic E-state index is 12.9. The smallest absolute Gasteiger partial charge is 0.408 e. The number of aromatic amines is 1. The zero-order valence-corrected chi connectivity index (χ0v) is 17.9. The molecule has 1 atom stereocenters. The van der Waals surface area contributed by atoms with Crippen LogP contribution in [0.4, 0.5) is 4.79 Å². The number of benzene rings is 3. The highest BCUT2D eigenvalue weighted by Gasteiger charge is 2.23. The molecule has 3 aromatic carbocycles. The molecule has 0 unspecified atom stereocenters. The molecule has 0 aliphatic rings. The van der Waals surface area contributed by atoms with Crippen molar-refractivity contribution in [1.29, 1.82) is 0 Å². The predicted octanol–water partition coefficient (Wildman–Crippen LogP) is 4.16. The second-order valence-electron chi connectivity index (χ2n) is 7.47. The summed E-state index contributed by atoms with van der Waals surface area (Å²) < 4.78 is 5.31. The Hall–Kier alpha value is -4.39. The van der Waals surface area contributed by atoms with Gasteiger partial charge in [-0.2, -0.15) is 5.10 Å². The number of H-pyrrole nitrogens is 1. The van der Waals surface area contributed by atoms with Crippen LogP contribution in [0, 0.1) is 0 Å². The largest absolute Gasteiger partial charge is 0.445 e. The molecule has 0 saturated heterocycles. The Balaban J connectivity index is 1.45. The van der Waals surface area contributed by atoms with E-state index in [9.17, 15) is 9.59 Å². The second-order valence-corrected chi connectivity index (χ2v) is 7.47. The summed E-state index contributed by atoms with van der Waals surface area (Å²) in [6, 6.07) is 25.7. The molecule has 2 amide bonds. The molecule has 166 valence electrons. The van der Waals surface area contributed by atoms with Gasteiger partial charge in [0, 0.05) is 23.5 Å². The first-order chi connectivity index (χ1) is 16.2. The van der Waals surface area contributed by atoms with Gasteiger partial charge in [-0.3, -0.25) is 4.79 Å². The first kappa shape index (κ1) is 21.8. The third-order valence-electron chi connectivity index (χ3n) is 5.11. The number of rotatable bonds is 8. The lowest BCUT2D eigenvalue weighted by molar-refractivity contribution is -0.123. The lowest BCUT2D eigenvalue weighted by Gasteiger charge is -2.17. The van der Waals surface area contributed by atoms with E-state index in [-0.39, 0.29) is 13.0 Å². The molecule has 1 heterocycles. The number of hydrogen-bond acceptors (Lipinski definition) is 4. The molecule has 7 heteroatoms. The van der Waals surface area contributed by atoms with Crippen LogP contribution in [-0.2, 0) is 22.6 Å². The van der Waals surface area contributed by atoms with Crippen molar-refractivity contribution in [3.8, 4) is 0 Å². The molecule has 0 spiro atoms. The Kier molecular flexibility index (Phi) is 7.12. The van der Waals surface area contributed by atoms with Crippen LogP contribution in [0.1, 0.15) is 16.7 Å². The van der Waals surface area contributed by atoms with Gasteiger partial charge in [-0.15, -0.1) is 0 Å². The fourth-order valence-electron chi connectivity index (χ4n) is 3.42. The minimum absolute atomic E-state index is 0.111. The van der Waals surface area contributed by atoms with Gasteiger partial charge in [-0.05, 0) is 22.8 Å². The summed E-state index contributed by atoms with van der Waals surface area (Å²) in [7, 11) is 0. The Morgan fingerprint density at radius 2 is 1.64 bits per heavy atom. The Bertz CT molecular complexity index is 1240. The van der Waals surface area contributed by atoms with Gasteiger partial charge in [-0.1, -0.05) is 78.9 Å². The van der Waals surface area contributed by atoms with Crippen molar-refractivity contribution in [1.82, 2.24) is 15.7 Å². The predicted molar refractivity (Wildman–Crippen MR) is 128 cm³/mol. The van der Waals surface area contributed by atoms with Crippen molar-refractivity contribution < 1.29 is 14.3 Å². The van der Waals surface area contributed by atoms with E-state index in [1.165, 1.54) is 0 Å². The lowest BCUT2D eigenvalue weighted by atomic mass is 10.0. The zero-order valence-electron chi connectivity index (χ0n) is 17.9. The molecule has 0 aliphatic carbocycles. The maximum absolute atomic E-state index is 12.9. The lowest BCUT2D eigenvalue weighted by Crippen LogP contribution is -2.47. The van der Waals surface area contributed by atoms with Gasteiger partial charge in [-0.25, -0.2) is 10.2 Å². The quantitative estimate of drug-likeness (QED) is 0.284. The van der Waals surface area contributed by atoms with Crippen LogP contribution in [0.15, 0.2) is 96.2 Å². The number of nitrogens with zero attached hydrogens (tertiary/aromatic N) is 1. The van der Waals surface area contributed by atoms with Crippen LogP contribution >= 0.6 is 0 Å². The van der Waals surface area contributed by atoms with E-state index in [0.717, 1.165) is 27.6 Å². The van der Waals surface area contributed by atoms with Crippen LogP contribution in [0.2, 0.25) is 0 Å². The number of hydrogen-bond donors (Lipinski definition) is 3. The molecule has 4 rings (SSSR count). The standard InChI is InChI=1S/C26H24N4O3/c31-25(30-28-16-19-9-3-1-4-10-19)24(15-21-17-27-23-14-8-7-13-22(21)23)29-26(32)33-18-20-11-5-2-6-12-20/h1-14,16-17,24,27H,15,18H2,(H,29,32)(H,30,31)/b28-16-/t24-/m1/s1. The number of amides is 2. The summed E-state index contributed by atoms with van der Waals surface area (Å²) in [6.07, 6.45) is 2.99. The molecule has 0 radical (unpaired) electrons. The average molecular weight is 441 g/mol. The van der Waals surface area contributed by atoms with Crippen molar-refractivity contribution in [3.63, 3.8) is 0 Å².